The summed E-state index contributed by atoms with van der Waals surface area (Å²) in [7, 11) is 0. The van der Waals surface area contributed by atoms with Gasteiger partial charge in [0.25, 0.3) is 0 Å². The number of phenolic OH excluding ortho intramolecular Hbond substituents is 1. The summed E-state index contributed by atoms with van der Waals surface area (Å²) in [6.07, 6.45) is 3.09. The molecule has 2 rings (SSSR count). The second-order valence-electron chi connectivity index (χ2n) is 3.16. The van der Waals surface area contributed by atoms with Gasteiger partial charge in [-0.3, -0.25) is 4.79 Å². The molecule has 0 radical (unpaired) electrons. The molecular weight excluding hydrogens is 168 g/mol. The number of benzene rings is 1. The number of rotatable bonds is 3. The molecule has 1 aromatic carbocycles. The van der Waals surface area contributed by atoms with Gasteiger partial charge in [0.1, 0.15) is 11.5 Å². The lowest BCUT2D eigenvalue weighted by Crippen LogP contribution is -1.95. The SMILES string of the molecule is O=Cc1ccc(OC2CC2)cc1O. The van der Waals surface area contributed by atoms with Crippen molar-refractivity contribution in [3.8, 4) is 11.5 Å². The van der Waals surface area contributed by atoms with Crippen molar-refractivity contribution in [2.45, 2.75) is 18.9 Å². The summed E-state index contributed by atoms with van der Waals surface area (Å²) >= 11 is 0. The Morgan fingerprint density at radius 1 is 1.46 bits per heavy atom. The first-order valence-electron chi connectivity index (χ1n) is 4.24. The van der Waals surface area contributed by atoms with Crippen molar-refractivity contribution in [1.29, 1.82) is 0 Å². The molecule has 1 aliphatic carbocycles. The number of phenols is 1. The number of carbonyl (C=O) groups excluding carboxylic acids is 1. The van der Waals surface area contributed by atoms with Crippen LogP contribution < -0.4 is 4.74 Å². The Morgan fingerprint density at radius 2 is 2.23 bits per heavy atom. The minimum absolute atomic E-state index is 0.0202. The third-order valence-electron chi connectivity index (χ3n) is 1.96. The van der Waals surface area contributed by atoms with Gasteiger partial charge in [-0.2, -0.15) is 0 Å². The Hall–Kier alpha value is -1.51. The molecule has 0 bridgehead atoms. The molecule has 1 aromatic rings. The van der Waals surface area contributed by atoms with Crippen LogP contribution >= 0.6 is 0 Å². The van der Waals surface area contributed by atoms with E-state index in [1.807, 2.05) is 0 Å². The van der Waals surface area contributed by atoms with Gasteiger partial charge >= 0.3 is 0 Å². The first-order chi connectivity index (χ1) is 6.29. The summed E-state index contributed by atoms with van der Waals surface area (Å²) < 4.78 is 5.43. The number of aromatic hydroxyl groups is 1. The highest BCUT2D eigenvalue weighted by atomic mass is 16.5. The average Bonchev–Trinajstić information content (AvgIpc) is 2.89. The van der Waals surface area contributed by atoms with Crippen LogP contribution in [0.4, 0.5) is 0 Å². The van der Waals surface area contributed by atoms with Crippen molar-refractivity contribution in [3.05, 3.63) is 23.8 Å². The van der Waals surface area contributed by atoms with Gasteiger partial charge in [-0.05, 0) is 25.0 Å². The maximum Gasteiger partial charge on any atom is 0.153 e. The maximum absolute atomic E-state index is 10.4. The molecule has 0 unspecified atom stereocenters. The van der Waals surface area contributed by atoms with Crippen LogP contribution in [0.3, 0.4) is 0 Å². The van der Waals surface area contributed by atoms with Gasteiger partial charge in [-0.15, -0.1) is 0 Å². The van der Waals surface area contributed by atoms with Crippen molar-refractivity contribution >= 4 is 6.29 Å². The van der Waals surface area contributed by atoms with E-state index in [4.69, 9.17) is 4.74 Å². The van der Waals surface area contributed by atoms with E-state index >= 15 is 0 Å². The van der Waals surface area contributed by atoms with E-state index in [1.54, 1.807) is 12.1 Å². The molecule has 3 nitrogen and oxygen atoms in total. The first kappa shape index (κ1) is 8.10. The molecule has 0 heterocycles. The van der Waals surface area contributed by atoms with Gasteiger partial charge in [0.05, 0.1) is 11.7 Å². The zero-order chi connectivity index (χ0) is 9.26. The quantitative estimate of drug-likeness (QED) is 0.717. The van der Waals surface area contributed by atoms with Crippen LogP contribution in [0.15, 0.2) is 18.2 Å². The minimum Gasteiger partial charge on any atom is -0.507 e. The molecule has 1 fully saturated rings. The molecule has 1 saturated carbocycles. The lowest BCUT2D eigenvalue weighted by Gasteiger charge is -2.04. The molecule has 0 amide bonds. The van der Waals surface area contributed by atoms with E-state index in [2.05, 4.69) is 0 Å². The zero-order valence-corrected chi connectivity index (χ0v) is 7.06. The van der Waals surface area contributed by atoms with E-state index in [0.717, 1.165) is 12.8 Å². The predicted octanol–water partition coefficient (Wildman–Crippen LogP) is 1.75. The first-order valence-corrected chi connectivity index (χ1v) is 4.24. The summed E-state index contributed by atoms with van der Waals surface area (Å²) in [6.45, 7) is 0. The molecular formula is C10H10O3. The van der Waals surface area contributed by atoms with Gasteiger partial charge in [-0.25, -0.2) is 0 Å². The molecule has 13 heavy (non-hydrogen) atoms. The van der Waals surface area contributed by atoms with Crippen LogP contribution in [-0.2, 0) is 0 Å². The lowest BCUT2D eigenvalue weighted by atomic mass is 10.2. The van der Waals surface area contributed by atoms with Gasteiger partial charge in [0.15, 0.2) is 6.29 Å². The van der Waals surface area contributed by atoms with Crippen LogP contribution in [0.5, 0.6) is 11.5 Å². The number of carbonyl (C=O) groups is 1. The van der Waals surface area contributed by atoms with Gasteiger partial charge in [0, 0.05) is 6.07 Å². The topological polar surface area (TPSA) is 46.5 Å². The predicted molar refractivity (Wildman–Crippen MR) is 47.1 cm³/mol. The Balaban J connectivity index is 2.18. The van der Waals surface area contributed by atoms with Gasteiger partial charge in [0.2, 0.25) is 0 Å². The second-order valence-corrected chi connectivity index (χ2v) is 3.16. The largest absolute Gasteiger partial charge is 0.507 e. The van der Waals surface area contributed by atoms with Crippen LogP contribution in [0, 0.1) is 0 Å². The standard InChI is InChI=1S/C10H10O3/c11-6-7-1-2-9(5-10(7)12)13-8-3-4-8/h1-2,5-6,8,12H,3-4H2. The fourth-order valence-electron chi connectivity index (χ4n) is 1.07. The van der Waals surface area contributed by atoms with Crippen LogP contribution in [-0.4, -0.2) is 17.5 Å². The highest BCUT2D eigenvalue weighted by molar-refractivity contribution is 5.79. The van der Waals surface area contributed by atoms with E-state index in [9.17, 15) is 9.90 Å². The molecule has 0 atom stereocenters. The monoisotopic (exact) mass is 178 g/mol. The molecule has 0 aliphatic heterocycles. The molecule has 0 spiro atoms. The van der Waals surface area contributed by atoms with Crippen molar-refractivity contribution in [2.75, 3.05) is 0 Å². The van der Waals surface area contributed by atoms with E-state index in [-0.39, 0.29) is 5.75 Å². The van der Waals surface area contributed by atoms with E-state index in [1.165, 1.54) is 6.07 Å². The van der Waals surface area contributed by atoms with Gasteiger partial charge in [-0.1, -0.05) is 0 Å². The molecule has 3 heteroatoms. The summed E-state index contributed by atoms with van der Waals surface area (Å²) in [5, 5.41) is 9.31. The third-order valence-corrected chi connectivity index (χ3v) is 1.96. The average molecular weight is 178 g/mol. The fourth-order valence-corrected chi connectivity index (χ4v) is 1.07. The number of hydrogen-bond donors (Lipinski definition) is 1. The van der Waals surface area contributed by atoms with Crippen molar-refractivity contribution in [3.63, 3.8) is 0 Å². The Labute approximate surface area is 76.0 Å². The molecule has 68 valence electrons. The number of hydrogen-bond acceptors (Lipinski definition) is 3. The zero-order valence-electron chi connectivity index (χ0n) is 7.06. The van der Waals surface area contributed by atoms with Crippen molar-refractivity contribution < 1.29 is 14.6 Å². The maximum atomic E-state index is 10.4. The second kappa shape index (κ2) is 3.09. The number of ether oxygens (including phenoxy) is 1. The van der Waals surface area contributed by atoms with Crippen molar-refractivity contribution in [2.24, 2.45) is 0 Å². The molecule has 0 saturated heterocycles. The van der Waals surface area contributed by atoms with Crippen LogP contribution in [0.1, 0.15) is 23.2 Å². The van der Waals surface area contributed by atoms with Gasteiger partial charge < -0.3 is 9.84 Å². The molecule has 0 aromatic heterocycles. The highest BCUT2D eigenvalue weighted by Crippen LogP contribution is 2.29. The molecule has 1 aliphatic rings. The molecule has 1 N–H and O–H groups in total. The van der Waals surface area contributed by atoms with E-state index < -0.39 is 0 Å². The normalized spacial score (nSPS) is 15.4. The third kappa shape index (κ3) is 1.80. The Bertz CT molecular complexity index is 329. The Morgan fingerprint density at radius 3 is 2.77 bits per heavy atom. The fraction of sp³-hybridized carbons (Fsp3) is 0.300. The summed E-state index contributed by atoms with van der Waals surface area (Å²) in [5.41, 5.74) is 0.295. The summed E-state index contributed by atoms with van der Waals surface area (Å²) in [4.78, 5) is 10.4. The van der Waals surface area contributed by atoms with Crippen LogP contribution in [0.2, 0.25) is 0 Å². The van der Waals surface area contributed by atoms with Crippen molar-refractivity contribution in [1.82, 2.24) is 0 Å². The summed E-state index contributed by atoms with van der Waals surface area (Å²) in [6, 6.07) is 4.73. The number of aldehydes is 1. The minimum atomic E-state index is -0.0202. The highest BCUT2D eigenvalue weighted by Gasteiger charge is 2.23. The van der Waals surface area contributed by atoms with E-state index in [0.29, 0.717) is 23.7 Å². The smallest absolute Gasteiger partial charge is 0.153 e. The summed E-state index contributed by atoms with van der Waals surface area (Å²) in [5.74, 6) is 0.610. The van der Waals surface area contributed by atoms with Crippen LogP contribution in [0.25, 0.3) is 0 Å². The Kier molecular flexibility index (Phi) is 1.93. The lowest BCUT2D eigenvalue weighted by molar-refractivity contribution is 0.112.